The van der Waals surface area contributed by atoms with E-state index in [0.29, 0.717) is 22.6 Å². The largest absolute Gasteiger partial charge is 0.338 e. The van der Waals surface area contributed by atoms with E-state index in [1.165, 1.54) is 13.1 Å². The molecule has 3 heterocycles. The van der Waals surface area contributed by atoms with Crippen molar-refractivity contribution in [3.8, 4) is 11.4 Å². The fourth-order valence-corrected chi connectivity index (χ4v) is 3.45. The number of benzene rings is 1. The molecule has 0 spiro atoms. The third-order valence-electron chi connectivity index (χ3n) is 4.69. The summed E-state index contributed by atoms with van der Waals surface area (Å²) in [4.78, 5) is 21.3. The number of pyridine rings is 1. The van der Waals surface area contributed by atoms with Crippen LogP contribution in [-0.2, 0) is 16.6 Å². The number of amides is 1. The third kappa shape index (κ3) is 4.47. The molecule has 0 aliphatic carbocycles. The van der Waals surface area contributed by atoms with Gasteiger partial charge in [0, 0.05) is 17.4 Å². The highest BCUT2D eigenvalue weighted by molar-refractivity contribution is 7.89. The average Bonchev–Trinajstić information content (AvgIpc) is 3.41. The van der Waals surface area contributed by atoms with Crippen molar-refractivity contribution < 1.29 is 17.7 Å². The SMILES string of the molecule is CCS(=O)(=O)NCc1nc(-c2ccc(C)c(NC(=O)c3cnc4ccccn34)c2)no1. The standard InChI is InChI=1S/C20H20N6O4S/c1-3-31(28,29)22-12-18-24-19(25-30-18)14-8-7-13(2)15(10-14)23-20(27)16-11-21-17-6-4-5-9-26(16)17/h4-11,22H,3,12H2,1-2H3,(H,23,27). The molecule has 1 aromatic carbocycles. The fraction of sp³-hybridized carbons (Fsp3) is 0.200. The number of aromatic nitrogens is 4. The molecule has 0 radical (unpaired) electrons. The Labute approximate surface area is 178 Å². The Morgan fingerprint density at radius 2 is 2.06 bits per heavy atom. The van der Waals surface area contributed by atoms with E-state index in [1.807, 2.05) is 31.2 Å². The summed E-state index contributed by atoms with van der Waals surface area (Å²) in [6.45, 7) is 3.32. The molecule has 0 saturated carbocycles. The minimum absolute atomic E-state index is 0.0402. The highest BCUT2D eigenvalue weighted by Crippen LogP contribution is 2.24. The van der Waals surface area contributed by atoms with Crippen molar-refractivity contribution in [2.75, 3.05) is 11.1 Å². The minimum Gasteiger partial charge on any atom is -0.338 e. The monoisotopic (exact) mass is 440 g/mol. The molecule has 0 unspecified atom stereocenters. The summed E-state index contributed by atoms with van der Waals surface area (Å²) in [6.07, 6.45) is 3.29. The summed E-state index contributed by atoms with van der Waals surface area (Å²) in [6, 6.07) is 10.9. The van der Waals surface area contributed by atoms with Gasteiger partial charge in [0.1, 0.15) is 11.3 Å². The van der Waals surface area contributed by atoms with Crippen LogP contribution in [0.3, 0.4) is 0 Å². The molecule has 0 fully saturated rings. The van der Waals surface area contributed by atoms with Gasteiger partial charge in [0.05, 0.1) is 18.5 Å². The first-order valence-electron chi connectivity index (χ1n) is 9.50. The molecule has 0 atom stereocenters. The first-order chi connectivity index (χ1) is 14.9. The number of imidazole rings is 1. The Balaban J connectivity index is 1.54. The van der Waals surface area contributed by atoms with Crippen LogP contribution in [0.1, 0.15) is 28.9 Å². The lowest BCUT2D eigenvalue weighted by molar-refractivity contribution is 0.102. The molecule has 0 aliphatic heterocycles. The van der Waals surface area contributed by atoms with E-state index in [1.54, 1.807) is 22.7 Å². The Morgan fingerprint density at radius 3 is 2.87 bits per heavy atom. The van der Waals surface area contributed by atoms with E-state index in [4.69, 9.17) is 4.52 Å². The maximum absolute atomic E-state index is 12.8. The van der Waals surface area contributed by atoms with Crippen molar-refractivity contribution in [2.24, 2.45) is 0 Å². The van der Waals surface area contributed by atoms with E-state index in [2.05, 4.69) is 25.2 Å². The van der Waals surface area contributed by atoms with Crippen LogP contribution in [0.5, 0.6) is 0 Å². The molecule has 160 valence electrons. The van der Waals surface area contributed by atoms with Gasteiger partial charge in [-0.1, -0.05) is 23.4 Å². The van der Waals surface area contributed by atoms with Crippen LogP contribution in [0.25, 0.3) is 17.0 Å². The van der Waals surface area contributed by atoms with Crippen molar-refractivity contribution >= 4 is 27.3 Å². The minimum atomic E-state index is -3.37. The second kappa shape index (κ2) is 8.28. The topological polar surface area (TPSA) is 131 Å². The Kier molecular flexibility index (Phi) is 5.53. The van der Waals surface area contributed by atoms with Gasteiger partial charge in [-0.3, -0.25) is 9.20 Å². The van der Waals surface area contributed by atoms with Gasteiger partial charge in [-0.25, -0.2) is 18.1 Å². The molecular formula is C20H20N6O4S. The van der Waals surface area contributed by atoms with Crippen molar-refractivity contribution in [1.82, 2.24) is 24.2 Å². The van der Waals surface area contributed by atoms with E-state index in [0.717, 1.165) is 5.56 Å². The van der Waals surface area contributed by atoms with E-state index < -0.39 is 10.0 Å². The smallest absolute Gasteiger partial charge is 0.274 e. The summed E-state index contributed by atoms with van der Waals surface area (Å²) in [7, 11) is -3.37. The van der Waals surface area contributed by atoms with Crippen LogP contribution in [0.4, 0.5) is 5.69 Å². The number of aryl methyl sites for hydroxylation is 1. The second-order valence-corrected chi connectivity index (χ2v) is 8.89. The number of carbonyl (C=O) groups excluding carboxylic acids is 1. The fourth-order valence-electron chi connectivity index (χ4n) is 2.90. The molecule has 0 aliphatic rings. The quantitative estimate of drug-likeness (QED) is 0.451. The predicted octanol–water partition coefficient (Wildman–Crippen LogP) is 2.38. The van der Waals surface area contributed by atoms with Crippen molar-refractivity contribution in [3.05, 3.63) is 65.9 Å². The number of hydrogen-bond acceptors (Lipinski definition) is 7. The zero-order valence-corrected chi connectivity index (χ0v) is 17.7. The number of rotatable bonds is 7. The third-order valence-corrected chi connectivity index (χ3v) is 6.03. The molecule has 1 amide bonds. The predicted molar refractivity (Wildman–Crippen MR) is 114 cm³/mol. The molecule has 2 N–H and O–H groups in total. The number of anilines is 1. The molecule has 0 bridgehead atoms. The zero-order valence-electron chi connectivity index (χ0n) is 16.9. The Bertz CT molecular complexity index is 1360. The van der Waals surface area contributed by atoms with Gasteiger partial charge in [-0.15, -0.1) is 0 Å². The second-order valence-electron chi connectivity index (χ2n) is 6.79. The first kappa shape index (κ1) is 20.7. The molecule has 31 heavy (non-hydrogen) atoms. The lowest BCUT2D eigenvalue weighted by Crippen LogP contribution is -2.24. The van der Waals surface area contributed by atoms with Crippen molar-refractivity contribution in [3.63, 3.8) is 0 Å². The highest BCUT2D eigenvalue weighted by Gasteiger charge is 2.16. The normalized spacial score (nSPS) is 11.7. The summed E-state index contributed by atoms with van der Waals surface area (Å²) < 4.78 is 32.3. The van der Waals surface area contributed by atoms with Gasteiger partial charge < -0.3 is 9.84 Å². The number of sulfonamides is 1. The molecule has 11 heteroatoms. The van der Waals surface area contributed by atoms with Gasteiger partial charge in [0.25, 0.3) is 5.91 Å². The zero-order chi connectivity index (χ0) is 22.0. The highest BCUT2D eigenvalue weighted by atomic mass is 32.2. The Hall–Kier alpha value is -3.57. The maximum atomic E-state index is 12.8. The van der Waals surface area contributed by atoms with Crippen LogP contribution >= 0.6 is 0 Å². The number of nitrogens with one attached hydrogen (secondary N) is 2. The first-order valence-corrected chi connectivity index (χ1v) is 11.2. The summed E-state index contributed by atoms with van der Waals surface area (Å²) in [5.41, 5.74) is 3.14. The van der Waals surface area contributed by atoms with Gasteiger partial charge in [-0.05, 0) is 37.6 Å². The summed E-state index contributed by atoms with van der Waals surface area (Å²) in [5, 5.41) is 6.80. The van der Waals surface area contributed by atoms with Crippen molar-refractivity contribution in [1.29, 1.82) is 0 Å². The average molecular weight is 440 g/mol. The van der Waals surface area contributed by atoms with Crippen molar-refractivity contribution in [2.45, 2.75) is 20.4 Å². The van der Waals surface area contributed by atoms with E-state index in [9.17, 15) is 13.2 Å². The van der Waals surface area contributed by atoms with Crippen LogP contribution < -0.4 is 10.0 Å². The molecule has 4 aromatic rings. The summed E-state index contributed by atoms with van der Waals surface area (Å²) >= 11 is 0. The van der Waals surface area contributed by atoms with Gasteiger partial charge >= 0.3 is 0 Å². The number of carbonyl (C=O) groups is 1. The van der Waals surface area contributed by atoms with Gasteiger partial charge in [0.2, 0.25) is 21.7 Å². The molecular weight excluding hydrogens is 420 g/mol. The van der Waals surface area contributed by atoms with Crippen LogP contribution in [0.15, 0.2) is 53.3 Å². The number of fused-ring (bicyclic) bond motifs is 1. The van der Waals surface area contributed by atoms with Crippen LogP contribution in [-0.4, -0.2) is 39.6 Å². The molecule has 0 saturated heterocycles. The lowest BCUT2D eigenvalue weighted by Gasteiger charge is -2.09. The van der Waals surface area contributed by atoms with E-state index in [-0.39, 0.29) is 29.9 Å². The molecule has 10 nitrogen and oxygen atoms in total. The van der Waals surface area contributed by atoms with Crippen LogP contribution in [0, 0.1) is 6.92 Å². The number of nitrogens with zero attached hydrogens (tertiary/aromatic N) is 4. The maximum Gasteiger partial charge on any atom is 0.274 e. The van der Waals surface area contributed by atoms with Gasteiger partial charge in [-0.2, -0.15) is 4.98 Å². The lowest BCUT2D eigenvalue weighted by atomic mass is 10.1. The molecule has 4 rings (SSSR count). The number of hydrogen-bond donors (Lipinski definition) is 2. The van der Waals surface area contributed by atoms with E-state index >= 15 is 0 Å². The molecule has 3 aromatic heterocycles. The van der Waals surface area contributed by atoms with Crippen LogP contribution in [0.2, 0.25) is 0 Å². The Morgan fingerprint density at radius 1 is 1.23 bits per heavy atom. The summed E-state index contributed by atoms with van der Waals surface area (Å²) in [5.74, 6) is 0.0863. The van der Waals surface area contributed by atoms with Gasteiger partial charge in [0.15, 0.2) is 0 Å².